The van der Waals surface area contributed by atoms with Crippen LogP contribution in [0.1, 0.15) is 73.3 Å². The molecule has 0 aliphatic carbocycles. The number of benzene rings is 1. The van der Waals surface area contributed by atoms with Gasteiger partial charge in [-0.15, -0.1) is 0 Å². The molecule has 1 aromatic heterocycles. The fourth-order valence-electron chi connectivity index (χ4n) is 3.95. The maximum Gasteiger partial charge on any atom is 0.0704 e. The van der Waals surface area contributed by atoms with Crippen molar-refractivity contribution in [2.75, 3.05) is 39.3 Å². The molecule has 1 N–H and O–H groups in total. The minimum absolute atomic E-state index is 0.363. The van der Waals surface area contributed by atoms with Crippen molar-refractivity contribution in [1.82, 2.24) is 20.1 Å². The number of rotatable bonds is 1. The van der Waals surface area contributed by atoms with Gasteiger partial charge in [0.15, 0.2) is 0 Å². The van der Waals surface area contributed by atoms with Gasteiger partial charge in [0, 0.05) is 48.8 Å². The average Bonchev–Trinajstić information content (AvgIpc) is 2.66. The van der Waals surface area contributed by atoms with Gasteiger partial charge < -0.3 is 5.32 Å². The zero-order valence-electron chi connectivity index (χ0n) is 21.3. The van der Waals surface area contributed by atoms with E-state index >= 15 is 0 Å². The van der Waals surface area contributed by atoms with Crippen LogP contribution in [0, 0.1) is 0 Å². The Balaban J connectivity index is 0.000000171. The molecule has 31 heavy (non-hydrogen) atoms. The Morgan fingerprint density at radius 1 is 0.806 bits per heavy atom. The zero-order chi connectivity index (χ0) is 23.1. The van der Waals surface area contributed by atoms with E-state index in [-0.39, 0.29) is 0 Å². The molecular weight excluding hydrogens is 380 g/mol. The largest absolute Gasteiger partial charge is 0.314 e. The van der Waals surface area contributed by atoms with Gasteiger partial charge in [0.2, 0.25) is 0 Å². The monoisotopic (exact) mass is 426 g/mol. The lowest BCUT2D eigenvalue weighted by Gasteiger charge is -2.42. The van der Waals surface area contributed by atoms with E-state index in [2.05, 4.69) is 99.8 Å². The molecule has 2 aliphatic rings. The second-order valence-electron chi connectivity index (χ2n) is 11.0. The van der Waals surface area contributed by atoms with E-state index in [0.717, 1.165) is 18.6 Å². The molecule has 0 amide bonds. The van der Waals surface area contributed by atoms with Gasteiger partial charge in [0.1, 0.15) is 0 Å². The number of nitrogens with zero attached hydrogens (tertiary/aromatic N) is 3. The Labute approximate surface area is 191 Å². The normalized spacial score (nSPS) is 18.0. The predicted octanol–water partition coefficient (Wildman–Crippen LogP) is 5.54. The lowest BCUT2D eigenvalue weighted by atomic mass is 9.98. The van der Waals surface area contributed by atoms with Crippen molar-refractivity contribution in [2.45, 2.75) is 78.8 Å². The molecule has 0 bridgehead atoms. The van der Waals surface area contributed by atoms with Gasteiger partial charge in [-0.1, -0.05) is 32.0 Å². The number of pyridine rings is 1. The van der Waals surface area contributed by atoms with Crippen molar-refractivity contribution in [3.63, 3.8) is 0 Å². The SMILES string of the molecule is CC(C)(C)N1CCC1.CC(C)(C)N1CCNCC1.CC(C)c1cccc2ncccc12. The van der Waals surface area contributed by atoms with E-state index in [1.807, 2.05) is 12.3 Å². The van der Waals surface area contributed by atoms with Crippen LogP contribution in [0.3, 0.4) is 0 Å². The van der Waals surface area contributed by atoms with E-state index in [1.54, 1.807) is 0 Å². The Kier molecular flexibility index (Phi) is 9.47. The van der Waals surface area contributed by atoms with Crippen LogP contribution in [0.5, 0.6) is 0 Å². The highest BCUT2D eigenvalue weighted by atomic mass is 15.2. The highest BCUT2D eigenvalue weighted by Gasteiger charge is 2.25. The Morgan fingerprint density at radius 3 is 1.81 bits per heavy atom. The van der Waals surface area contributed by atoms with E-state index in [1.165, 1.54) is 43.5 Å². The molecule has 4 heteroatoms. The molecule has 0 spiro atoms. The molecule has 0 radical (unpaired) electrons. The third kappa shape index (κ3) is 8.17. The quantitative estimate of drug-likeness (QED) is 0.649. The molecule has 174 valence electrons. The Morgan fingerprint density at radius 2 is 1.39 bits per heavy atom. The van der Waals surface area contributed by atoms with Crippen LogP contribution in [0.2, 0.25) is 0 Å². The molecular formula is C27H46N4. The minimum atomic E-state index is 0.363. The van der Waals surface area contributed by atoms with E-state index in [0.29, 0.717) is 17.0 Å². The number of hydrogen-bond acceptors (Lipinski definition) is 4. The zero-order valence-corrected chi connectivity index (χ0v) is 21.3. The molecule has 0 unspecified atom stereocenters. The van der Waals surface area contributed by atoms with Crippen molar-refractivity contribution >= 4 is 10.9 Å². The van der Waals surface area contributed by atoms with Crippen molar-refractivity contribution in [2.24, 2.45) is 0 Å². The maximum atomic E-state index is 4.32. The van der Waals surface area contributed by atoms with Crippen LogP contribution in [-0.2, 0) is 0 Å². The maximum absolute atomic E-state index is 4.32. The van der Waals surface area contributed by atoms with Crippen LogP contribution in [0.15, 0.2) is 36.5 Å². The van der Waals surface area contributed by atoms with Gasteiger partial charge >= 0.3 is 0 Å². The highest BCUT2D eigenvalue weighted by Crippen LogP contribution is 2.23. The summed E-state index contributed by atoms with van der Waals surface area (Å²) in [7, 11) is 0. The summed E-state index contributed by atoms with van der Waals surface area (Å²) in [6.45, 7) is 25.4. The lowest BCUT2D eigenvalue weighted by molar-refractivity contribution is 0.0690. The summed E-state index contributed by atoms with van der Waals surface area (Å²) >= 11 is 0. The summed E-state index contributed by atoms with van der Waals surface area (Å²) in [4.78, 5) is 9.33. The molecule has 0 saturated carbocycles. The summed E-state index contributed by atoms with van der Waals surface area (Å²) in [5, 5.41) is 4.62. The number of hydrogen-bond donors (Lipinski definition) is 1. The molecule has 2 fully saturated rings. The van der Waals surface area contributed by atoms with Crippen molar-refractivity contribution in [3.8, 4) is 0 Å². The summed E-state index contributed by atoms with van der Waals surface area (Å²) in [5.41, 5.74) is 3.26. The Hall–Kier alpha value is -1.49. The van der Waals surface area contributed by atoms with Gasteiger partial charge in [-0.3, -0.25) is 14.8 Å². The fraction of sp³-hybridized carbons (Fsp3) is 0.667. The average molecular weight is 427 g/mol. The first-order valence-electron chi connectivity index (χ1n) is 12.0. The highest BCUT2D eigenvalue weighted by molar-refractivity contribution is 5.82. The van der Waals surface area contributed by atoms with Crippen LogP contribution in [0.4, 0.5) is 0 Å². The summed E-state index contributed by atoms with van der Waals surface area (Å²) < 4.78 is 0. The summed E-state index contributed by atoms with van der Waals surface area (Å²) in [6, 6.07) is 10.4. The Bertz CT molecular complexity index is 770. The van der Waals surface area contributed by atoms with Crippen LogP contribution < -0.4 is 5.32 Å². The number of fused-ring (bicyclic) bond motifs is 1. The first kappa shape index (κ1) is 25.8. The summed E-state index contributed by atoms with van der Waals surface area (Å²) in [5.74, 6) is 0.563. The number of likely N-dealkylation sites (tertiary alicyclic amines) is 1. The smallest absolute Gasteiger partial charge is 0.0704 e. The van der Waals surface area contributed by atoms with Gasteiger partial charge in [0.25, 0.3) is 0 Å². The van der Waals surface area contributed by atoms with Crippen LogP contribution in [0.25, 0.3) is 10.9 Å². The van der Waals surface area contributed by atoms with Crippen LogP contribution in [-0.4, -0.2) is 65.1 Å². The van der Waals surface area contributed by atoms with Gasteiger partial charge in [0.05, 0.1) is 5.52 Å². The number of nitrogens with one attached hydrogen (secondary N) is 1. The standard InChI is InChI=1S/C12H13N.C8H18N2.C7H15N/c1-9(2)10-5-3-7-12-11(10)6-4-8-13-12;1-8(2,3)10-6-4-9-5-7-10;1-7(2,3)8-5-4-6-8/h3-9H,1-2H3;9H,4-7H2,1-3H3;4-6H2,1-3H3. The molecule has 1 aromatic carbocycles. The van der Waals surface area contributed by atoms with E-state index < -0.39 is 0 Å². The fourth-order valence-corrected chi connectivity index (χ4v) is 3.95. The lowest BCUT2D eigenvalue weighted by Crippen LogP contribution is -2.51. The van der Waals surface area contributed by atoms with Gasteiger partial charge in [-0.05, 0) is 84.7 Å². The topological polar surface area (TPSA) is 31.4 Å². The predicted molar refractivity (Wildman–Crippen MR) is 136 cm³/mol. The second-order valence-corrected chi connectivity index (χ2v) is 11.0. The third-order valence-corrected chi connectivity index (χ3v) is 6.17. The van der Waals surface area contributed by atoms with E-state index in [4.69, 9.17) is 0 Å². The molecule has 3 heterocycles. The second kappa shape index (κ2) is 11.4. The van der Waals surface area contributed by atoms with Crippen molar-refractivity contribution < 1.29 is 0 Å². The van der Waals surface area contributed by atoms with Crippen LogP contribution >= 0.6 is 0 Å². The van der Waals surface area contributed by atoms with Gasteiger partial charge in [-0.2, -0.15) is 0 Å². The first-order chi connectivity index (χ1) is 14.5. The summed E-state index contributed by atoms with van der Waals surface area (Å²) in [6.07, 6.45) is 3.24. The first-order valence-corrected chi connectivity index (χ1v) is 12.0. The molecule has 4 rings (SSSR count). The number of aromatic nitrogens is 1. The molecule has 0 atom stereocenters. The van der Waals surface area contributed by atoms with Crippen molar-refractivity contribution in [1.29, 1.82) is 0 Å². The van der Waals surface area contributed by atoms with Gasteiger partial charge in [-0.25, -0.2) is 0 Å². The third-order valence-electron chi connectivity index (χ3n) is 6.17. The molecule has 2 saturated heterocycles. The van der Waals surface area contributed by atoms with E-state index in [9.17, 15) is 0 Å². The molecule has 2 aliphatic heterocycles. The molecule has 2 aromatic rings. The van der Waals surface area contributed by atoms with Crippen molar-refractivity contribution in [3.05, 3.63) is 42.1 Å². The molecule has 4 nitrogen and oxygen atoms in total. The minimum Gasteiger partial charge on any atom is -0.314 e. The number of piperazine rings is 1.